The van der Waals surface area contributed by atoms with Crippen molar-refractivity contribution in [3.05, 3.63) is 77.2 Å². The lowest BCUT2D eigenvalue weighted by Gasteiger charge is -2.09. The Kier molecular flexibility index (Phi) is 6.15. The number of aromatic nitrogens is 2. The molecule has 0 radical (unpaired) electrons. The number of anilines is 1. The number of fused-ring (bicyclic) bond motifs is 2. The van der Waals surface area contributed by atoms with Crippen LogP contribution in [0.5, 0.6) is 0 Å². The predicted molar refractivity (Wildman–Crippen MR) is 121 cm³/mol. The first-order chi connectivity index (χ1) is 13.4. The van der Waals surface area contributed by atoms with E-state index in [1.54, 1.807) is 6.20 Å². The molecule has 0 saturated carbocycles. The second-order valence-corrected chi connectivity index (χ2v) is 7.89. The molecule has 0 atom stereocenters. The van der Waals surface area contributed by atoms with Gasteiger partial charge in [0.15, 0.2) is 0 Å². The van der Waals surface area contributed by atoms with Crippen molar-refractivity contribution in [1.82, 2.24) is 9.97 Å². The standard InChI is InChI=1S/C12H12ClN.C12H14N2/c1-8(2)9-4-3-5-11-10(9)6-7-14-12(11)13;1-8(2)10-5-3-4-9-7-14-12(13)6-11(9)10/h3-8H,1-2H3;3-8H,1-2H3,(H2,13,14). The highest BCUT2D eigenvalue weighted by Gasteiger charge is 2.07. The van der Waals surface area contributed by atoms with Crippen LogP contribution >= 0.6 is 11.6 Å². The minimum absolute atomic E-state index is 0.511. The van der Waals surface area contributed by atoms with Crippen molar-refractivity contribution in [3.8, 4) is 0 Å². The number of hydrogen-bond acceptors (Lipinski definition) is 3. The van der Waals surface area contributed by atoms with Crippen molar-refractivity contribution >= 4 is 39.0 Å². The van der Waals surface area contributed by atoms with Crippen molar-refractivity contribution in [2.45, 2.75) is 39.5 Å². The van der Waals surface area contributed by atoms with Crippen LogP contribution in [0.15, 0.2) is 60.9 Å². The molecule has 0 unspecified atom stereocenters. The van der Waals surface area contributed by atoms with Crippen LogP contribution in [0.3, 0.4) is 0 Å². The van der Waals surface area contributed by atoms with Gasteiger partial charge in [0.05, 0.1) is 0 Å². The molecule has 4 heteroatoms. The van der Waals surface area contributed by atoms with Crippen LogP contribution in [0, 0.1) is 0 Å². The van der Waals surface area contributed by atoms with Crippen molar-refractivity contribution in [1.29, 1.82) is 0 Å². The van der Waals surface area contributed by atoms with E-state index in [-0.39, 0.29) is 0 Å². The Bertz CT molecular complexity index is 1090. The highest BCUT2D eigenvalue weighted by atomic mass is 35.5. The van der Waals surface area contributed by atoms with Crippen molar-refractivity contribution in [2.24, 2.45) is 0 Å². The van der Waals surface area contributed by atoms with E-state index < -0.39 is 0 Å². The maximum absolute atomic E-state index is 6.02. The second kappa shape index (κ2) is 8.57. The molecule has 0 aliphatic rings. The molecule has 2 heterocycles. The van der Waals surface area contributed by atoms with Gasteiger partial charge in [-0.2, -0.15) is 0 Å². The summed E-state index contributed by atoms with van der Waals surface area (Å²) in [7, 11) is 0. The summed E-state index contributed by atoms with van der Waals surface area (Å²) in [6.45, 7) is 8.74. The van der Waals surface area contributed by atoms with Gasteiger partial charge in [0.1, 0.15) is 11.0 Å². The van der Waals surface area contributed by atoms with Gasteiger partial charge in [-0.05, 0) is 45.9 Å². The summed E-state index contributed by atoms with van der Waals surface area (Å²) in [5.74, 6) is 1.61. The van der Waals surface area contributed by atoms with Gasteiger partial charge < -0.3 is 5.73 Å². The van der Waals surface area contributed by atoms with Gasteiger partial charge >= 0.3 is 0 Å². The Balaban J connectivity index is 0.000000161. The van der Waals surface area contributed by atoms with Crippen LogP contribution in [0.2, 0.25) is 5.15 Å². The number of pyridine rings is 2. The molecule has 2 aromatic heterocycles. The highest BCUT2D eigenvalue weighted by molar-refractivity contribution is 6.34. The molecule has 0 fully saturated rings. The van der Waals surface area contributed by atoms with Gasteiger partial charge in [-0.25, -0.2) is 9.97 Å². The van der Waals surface area contributed by atoms with Crippen LogP contribution in [0.4, 0.5) is 5.82 Å². The topological polar surface area (TPSA) is 51.8 Å². The lowest BCUT2D eigenvalue weighted by atomic mass is 9.97. The number of nitrogens with two attached hydrogens (primary N) is 1. The molecule has 4 rings (SSSR count). The van der Waals surface area contributed by atoms with E-state index in [1.807, 2.05) is 30.5 Å². The molecule has 0 aliphatic carbocycles. The number of rotatable bonds is 2. The molecule has 0 spiro atoms. The summed E-state index contributed by atoms with van der Waals surface area (Å²) in [6, 6.07) is 16.4. The zero-order valence-electron chi connectivity index (χ0n) is 16.8. The van der Waals surface area contributed by atoms with Crippen LogP contribution in [-0.2, 0) is 0 Å². The summed E-state index contributed by atoms with van der Waals surface area (Å²) in [6.07, 6.45) is 3.59. The average Bonchev–Trinajstić information content (AvgIpc) is 2.67. The van der Waals surface area contributed by atoms with Gasteiger partial charge in [-0.1, -0.05) is 75.7 Å². The zero-order valence-corrected chi connectivity index (χ0v) is 17.5. The van der Waals surface area contributed by atoms with E-state index in [1.165, 1.54) is 21.9 Å². The molecule has 0 saturated heterocycles. The summed E-state index contributed by atoms with van der Waals surface area (Å²) in [5.41, 5.74) is 8.34. The van der Waals surface area contributed by atoms with E-state index in [0.717, 1.165) is 10.8 Å². The van der Waals surface area contributed by atoms with Gasteiger partial charge in [0.2, 0.25) is 0 Å². The Morgan fingerprint density at radius 2 is 1.43 bits per heavy atom. The van der Waals surface area contributed by atoms with E-state index in [2.05, 4.69) is 61.9 Å². The Morgan fingerprint density at radius 1 is 0.786 bits per heavy atom. The lowest BCUT2D eigenvalue weighted by Crippen LogP contribution is -1.93. The molecule has 28 heavy (non-hydrogen) atoms. The molecule has 0 amide bonds. The molecule has 4 aromatic rings. The first-order valence-corrected chi connectivity index (χ1v) is 9.93. The molecule has 3 nitrogen and oxygen atoms in total. The van der Waals surface area contributed by atoms with E-state index in [9.17, 15) is 0 Å². The van der Waals surface area contributed by atoms with E-state index >= 15 is 0 Å². The normalized spacial score (nSPS) is 11.1. The third-order valence-corrected chi connectivity index (χ3v) is 5.15. The highest BCUT2D eigenvalue weighted by Crippen LogP contribution is 2.28. The largest absolute Gasteiger partial charge is 0.384 e. The quantitative estimate of drug-likeness (QED) is 0.376. The summed E-state index contributed by atoms with van der Waals surface area (Å²) < 4.78 is 0. The maximum Gasteiger partial charge on any atom is 0.136 e. The Morgan fingerprint density at radius 3 is 2.11 bits per heavy atom. The molecule has 2 N–H and O–H groups in total. The zero-order chi connectivity index (χ0) is 20.3. The minimum Gasteiger partial charge on any atom is -0.384 e. The fraction of sp³-hybridized carbons (Fsp3) is 0.250. The van der Waals surface area contributed by atoms with Crippen molar-refractivity contribution in [2.75, 3.05) is 5.73 Å². The average molecular weight is 392 g/mol. The first kappa shape index (κ1) is 20.1. The Hall–Kier alpha value is -2.65. The lowest BCUT2D eigenvalue weighted by molar-refractivity contribution is 0.876. The van der Waals surface area contributed by atoms with E-state index in [0.29, 0.717) is 22.8 Å². The fourth-order valence-corrected chi connectivity index (χ4v) is 3.63. The number of nitrogens with zero attached hydrogens (tertiary/aromatic N) is 2. The van der Waals surface area contributed by atoms with Gasteiger partial charge in [-0.3, -0.25) is 0 Å². The van der Waals surface area contributed by atoms with Gasteiger partial charge in [0.25, 0.3) is 0 Å². The Labute approximate surface area is 171 Å². The summed E-state index contributed by atoms with van der Waals surface area (Å²) in [5, 5.41) is 5.22. The monoisotopic (exact) mass is 391 g/mol. The van der Waals surface area contributed by atoms with Gasteiger partial charge in [0, 0.05) is 23.2 Å². The third-order valence-electron chi connectivity index (χ3n) is 4.85. The molecular formula is C24H26ClN3. The van der Waals surface area contributed by atoms with E-state index in [4.69, 9.17) is 17.3 Å². The van der Waals surface area contributed by atoms with Gasteiger partial charge in [-0.15, -0.1) is 0 Å². The predicted octanol–water partition coefficient (Wildman–Crippen LogP) is 6.95. The first-order valence-electron chi connectivity index (χ1n) is 9.55. The van der Waals surface area contributed by atoms with Crippen LogP contribution in [-0.4, -0.2) is 9.97 Å². The van der Waals surface area contributed by atoms with Crippen LogP contribution in [0.25, 0.3) is 21.5 Å². The number of benzene rings is 2. The molecule has 0 aliphatic heterocycles. The minimum atomic E-state index is 0.511. The third kappa shape index (κ3) is 4.26. The van der Waals surface area contributed by atoms with Crippen molar-refractivity contribution in [3.63, 3.8) is 0 Å². The number of halogens is 1. The molecule has 144 valence electrons. The van der Waals surface area contributed by atoms with Crippen LogP contribution in [0.1, 0.15) is 50.7 Å². The van der Waals surface area contributed by atoms with Crippen molar-refractivity contribution < 1.29 is 0 Å². The SMILES string of the molecule is CC(C)c1cccc2c(Cl)nccc12.CC(C)c1cccc2cnc(N)cc12. The summed E-state index contributed by atoms with van der Waals surface area (Å²) in [4.78, 5) is 8.16. The second-order valence-electron chi connectivity index (χ2n) is 7.53. The number of nitrogen functional groups attached to an aromatic ring is 1. The summed E-state index contributed by atoms with van der Waals surface area (Å²) >= 11 is 6.02. The molecule has 2 aromatic carbocycles. The number of hydrogen-bond donors (Lipinski definition) is 1. The molecular weight excluding hydrogens is 366 g/mol. The fourth-order valence-electron chi connectivity index (χ4n) is 3.41. The molecule has 0 bridgehead atoms. The smallest absolute Gasteiger partial charge is 0.136 e. The van der Waals surface area contributed by atoms with Crippen LogP contribution < -0.4 is 5.73 Å². The maximum atomic E-state index is 6.02.